The van der Waals surface area contributed by atoms with Gasteiger partial charge >= 0.3 is 0 Å². The first-order chi connectivity index (χ1) is 13.2. The minimum Gasteiger partial charge on any atom is -0.367 e. The first kappa shape index (κ1) is 15.1. The second-order valence-corrected chi connectivity index (χ2v) is 7.93. The van der Waals surface area contributed by atoms with Crippen molar-refractivity contribution in [2.24, 2.45) is 0 Å². The van der Waals surface area contributed by atoms with E-state index in [1.54, 1.807) is 10.8 Å². The van der Waals surface area contributed by atoms with Crippen LogP contribution in [0.25, 0.3) is 5.65 Å². The van der Waals surface area contributed by atoms with E-state index in [0.717, 1.165) is 47.7 Å². The van der Waals surface area contributed by atoms with E-state index >= 15 is 0 Å². The van der Waals surface area contributed by atoms with Crippen molar-refractivity contribution in [3.05, 3.63) is 47.9 Å². The molecule has 1 aromatic carbocycles. The molecule has 4 heterocycles. The normalized spacial score (nSPS) is 24.4. The molecular formula is C20H20N6O. The summed E-state index contributed by atoms with van der Waals surface area (Å²) in [5.41, 5.74) is 4.49. The fourth-order valence-electron chi connectivity index (χ4n) is 4.68. The Morgan fingerprint density at radius 2 is 2.11 bits per heavy atom. The number of fused-ring (bicyclic) bond motifs is 3. The van der Waals surface area contributed by atoms with Crippen LogP contribution in [0.2, 0.25) is 0 Å². The van der Waals surface area contributed by atoms with E-state index in [1.807, 2.05) is 18.2 Å². The number of carbonyl (C=O) groups is 1. The molecule has 136 valence electrons. The fraction of sp³-hybridized carbons (Fsp3) is 0.400. The van der Waals surface area contributed by atoms with Gasteiger partial charge < -0.3 is 10.2 Å². The maximum absolute atomic E-state index is 13.0. The molecule has 3 aromatic rings. The molecule has 1 aliphatic carbocycles. The summed E-state index contributed by atoms with van der Waals surface area (Å²) < 4.78 is 1.78. The largest absolute Gasteiger partial charge is 0.367 e. The lowest BCUT2D eigenvalue weighted by Crippen LogP contribution is -2.50. The van der Waals surface area contributed by atoms with Gasteiger partial charge in [-0.15, -0.1) is 10.2 Å². The van der Waals surface area contributed by atoms with Crippen molar-refractivity contribution in [2.45, 2.75) is 37.0 Å². The molecular weight excluding hydrogens is 340 g/mol. The smallest absolute Gasteiger partial charge is 0.236 e. The molecule has 1 amide bonds. The molecule has 0 radical (unpaired) electrons. The topological polar surface area (TPSA) is 75.4 Å². The summed E-state index contributed by atoms with van der Waals surface area (Å²) in [6, 6.07) is 10.2. The number of piperidine rings is 1. The Morgan fingerprint density at radius 3 is 3.00 bits per heavy atom. The average molecular weight is 360 g/mol. The summed E-state index contributed by atoms with van der Waals surface area (Å²) in [5.74, 6) is 0.659. The molecule has 2 fully saturated rings. The number of anilines is 2. The molecule has 1 N–H and O–H groups in total. The number of rotatable bonds is 2. The number of amides is 1. The van der Waals surface area contributed by atoms with E-state index in [9.17, 15) is 4.79 Å². The average Bonchev–Trinajstić information content (AvgIpc) is 3.38. The van der Waals surface area contributed by atoms with Crippen LogP contribution in [0.15, 0.2) is 36.7 Å². The molecule has 6 rings (SSSR count). The highest BCUT2D eigenvalue weighted by Crippen LogP contribution is 2.45. The van der Waals surface area contributed by atoms with E-state index in [1.165, 1.54) is 12.8 Å². The van der Waals surface area contributed by atoms with Crippen LogP contribution in [-0.2, 0) is 10.2 Å². The number of nitrogens with one attached hydrogen (secondary N) is 1. The van der Waals surface area contributed by atoms with Crippen molar-refractivity contribution < 1.29 is 4.79 Å². The lowest BCUT2D eigenvalue weighted by molar-refractivity contribution is -0.121. The second kappa shape index (κ2) is 5.28. The van der Waals surface area contributed by atoms with Crippen LogP contribution in [0.4, 0.5) is 11.4 Å². The number of para-hydroxylation sites is 1. The van der Waals surface area contributed by atoms with Crippen LogP contribution in [0.5, 0.6) is 0 Å². The van der Waals surface area contributed by atoms with E-state index in [4.69, 9.17) is 0 Å². The lowest BCUT2D eigenvalue weighted by Gasteiger charge is -2.40. The number of nitrogens with zero attached hydrogens (tertiary/aromatic N) is 5. The number of hydrogen-bond acceptors (Lipinski definition) is 5. The van der Waals surface area contributed by atoms with Crippen LogP contribution in [0.1, 0.15) is 42.9 Å². The maximum Gasteiger partial charge on any atom is 0.236 e. The highest BCUT2D eigenvalue weighted by molar-refractivity contribution is 6.07. The maximum atomic E-state index is 13.0. The van der Waals surface area contributed by atoms with Gasteiger partial charge in [0.05, 0.1) is 16.8 Å². The molecule has 2 aromatic heterocycles. The Morgan fingerprint density at radius 1 is 1.22 bits per heavy atom. The Balaban J connectivity index is 1.46. The van der Waals surface area contributed by atoms with Crippen LogP contribution in [0, 0.1) is 0 Å². The molecule has 0 bridgehead atoms. The van der Waals surface area contributed by atoms with Gasteiger partial charge in [0.2, 0.25) is 11.6 Å². The van der Waals surface area contributed by atoms with Gasteiger partial charge in [-0.3, -0.25) is 4.79 Å². The van der Waals surface area contributed by atoms with Crippen LogP contribution < -0.4 is 10.2 Å². The van der Waals surface area contributed by atoms with Gasteiger partial charge in [0, 0.05) is 24.7 Å². The molecule has 3 aliphatic rings. The molecule has 1 spiro atoms. The monoisotopic (exact) mass is 360 g/mol. The van der Waals surface area contributed by atoms with Crippen molar-refractivity contribution in [1.29, 1.82) is 0 Å². The minimum absolute atomic E-state index is 0.113. The molecule has 1 unspecified atom stereocenters. The van der Waals surface area contributed by atoms with E-state index in [-0.39, 0.29) is 5.91 Å². The van der Waals surface area contributed by atoms with Crippen LogP contribution >= 0.6 is 0 Å². The third-order valence-electron chi connectivity index (χ3n) is 6.22. The van der Waals surface area contributed by atoms with E-state index in [2.05, 4.69) is 37.6 Å². The summed E-state index contributed by atoms with van der Waals surface area (Å²) in [7, 11) is 0. The first-order valence-corrected chi connectivity index (χ1v) is 9.61. The van der Waals surface area contributed by atoms with Gasteiger partial charge in [0.15, 0.2) is 0 Å². The fourth-order valence-corrected chi connectivity index (χ4v) is 4.68. The van der Waals surface area contributed by atoms with Gasteiger partial charge in [-0.1, -0.05) is 18.2 Å². The van der Waals surface area contributed by atoms with Crippen molar-refractivity contribution in [1.82, 2.24) is 19.8 Å². The quantitative estimate of drug-likeness (QED) is 0.760. The number of aromatic nitrogens is 4. The zero-order chi connectivity index (χ0) is 18.0. The van der Waals surface area contributed by atoms with Crippen molar-refractivity contribution >= 4 is 22.9 Å². The molecule has 7 nitrogen and oxygen atoms in total. The third-order valence-corrected chi connectivity index (χ3v) is 6.22. The highest BCUT2D eigenvalue weighted by atomic mass is 16.2. The van der Waals surface area contributed by atoms with E-state index in [0.29, 0.717) is 12.5 Å². The molecule has 1 saturated heterocycles. The van der Waals surface area contributed by atoms with Gasteiger partial charge in [-0.2, -0.15) is 9.61 Å². The Bertz CT molecular complexity index is 1070. The standard InChI is InChI=1S/C20H20N6O/c27-19-20(14-4-1-2-5-15(14)22-19)8-3-9-25(11-20)17-10-16(13-6-7-13)24-26-12-21-23-18(17)26/h1-2,4-5,10,12-13H,3,6-9,11H2,(H,22,27). The first-order valence-electron chi connectivity index (χ1n) is 9.61. The zero-order valence-electron chi connectivity index (χ0n) is 14.9. The molecule has 7 heteroatoms. The summed E-state index contributed by atoms with van der Waals surface area (Å²) in [5, 5.41) is 16.1. The lowest BCUT2D eigenvalue weighted by atomic mass is 9.75. The molecule has 1 saturated carbocycles. The third kappa shape index (κ3) is 2.14. The Kier molecular flexibility index (Phi) is 2.96. The highest BCUT2D eigenvalue weighted by Gasteiger charge is 2.49. The van der Waals surface area contributed by atoms with Gasteiger partial charge in [0.25, 0.3) is 0 Å². The summed E-state index contributed by atoms with van der Waals surface area (Å²) >= 11 is 0. The molecule has 2 aliphatic heterocycles. The van der Waals surface area contributed by atoms with Crippen molar-refractivity contribution in [3.63, 3.8) is 0 Å². The number of hydrogen-bond donors (Lipinski definition) is 1. The predicted molar refractivity (Wildman–Crippen MR) is 101 cm³/mol. The van der Waals surface area contributed by atoms with Gasteiger partial charge in [-0.25, -0.2) is 0 Å². The van der Waals surface area contributed by atoms with Crippen molar-refractivity contribution in [3.8, 4) is 0 Å². The zero-order valence-corrected chi connectivity index (χ0v) is 14.9. The summed E-state index contributed by atoms with van der Waals surface area (Å²) in [4.78, 5) is 15.3. The Hall–Kier alpha value is -2.96. The number of benzene rings is 1. The predicted octanol–water partition coefficient (Wildman–Crippen LogP) is 2.49. The van der Waals surface area contributed by atoms with Crippen molar-refractivity contribution in [2.75, 3.05) is 23.3 Å². The summed E-state index contributed by atoms with van der Waals surface area (Å²) in [6.07, 6.45) is 5.89. The Labute approximate surface area is 156 Å². The van der Waals surface area contributed by atoms with Gasteiger partial charge in [-0.05, 0) is 43.4 Å². The number of carbonyl (C=O) groups excluding carboxylic acids is 1. The van der Waals surface area contributed by atoms with Crippen LogP contribution in [0.3, 0.4) is 0 Å². The SMILES string of the molecule is O=C1Nc2ccccc2C12CCCN(c1cc(C3CC3)nn3cnnc13)C2. The second-order valence-electron chi connectivity index (χ2n) is 7.93. The van der Waals surface area contributed by atoms with Gasteiger partial charge in [0.1, 0.15) is 6.33 Å². The van der Waals surface area contributed by atoms with E-state index < -0.39 is 5.41 Å². The minimum atomic E-state index is -0.491. The molecule has 1 atom stereocenters. The van der Waals surface area contributed by atoms with Crippen LogP contribution in [-0.4, -0.2) is 38.8 Å². The summed E-state index contributed by atoms with van der Waals surface area (Å²) in [6.45, 7) is 1.57. The molecule has 27 heavy (non-hydrogen) atoms.